The molecule has 2 aliphatic rings. The highest BCUT2D eigenvalue weighted by Gasteiger charge is 2.51. The van der Waals surface area contributed by atoms with Crippen LogP contribution in [-0.4, -0.2) is 27.1 Å². The fraction of sp³-hybridized carbons (Fsp3) is 0.0667. The van der Waals surface area contributed by atoms with Crippen LogP contribution in [0.4, 0.5) is 8.63 Å². The third-order valence-corrected chi connectivity index (χ3v) is 3.92. The van der Waals surface area contributed by atoms with Gasteiger partial charge in [0.05, 0.1) is 5.57 Å². The van der Waals surface area contributed by atoms with E-state index in [9.17, 15) is 8.63 Å². The second-order valence-corrected chi connectivity index (χ2v) is 5.25. The molecule has 2 aliphatic heterocycles. The van der Waals surface area contributed by atoms with E-state index >= 15 is 0 Å². The van der Waals surface area contributed by atoms with Crippen LogP contribution in [0.15, 0.2) is 54.5 Å². The molecule has 6 heteroatoms. The maximum atomic E-state index is 14.6. The Labute approximate surface area is 120 Å². The van der Waals surface area contributed by atoms with Crippen LogP contribution in [0.3, 0.4) is 0 Å². The lowest BCUT2D eigenvalue weighted by Crippen LogP contribution is -2.49. The van der Waals surface area contributed by atoms with Crippen molar-refractivity contribution >= 4 is 18.8 Å². The van der Waals surface area contributed by atoms with Gasteiger partial charge in [0.1, 0.15) is 6.21 Å². The van der Waals surface area contributed by atoms with Crippen molar-refractivity contribution < 1.29 is 13.1 Å². The molecule has 0 aromatic carbocycles. The molecule has 0 aliphatic carbocycles. The first-order valence-corrected chi connectivity index (χ1v) is 6.76. The lowest BCUT2D eigenvalue weighted by atomic mass is 9.86. The second kappa shape index (κ2) is 4.01. The van der Waals surface area contributed by atoms with E-state index in [-0.39, 0.29) is 0 Å². The quantitative estimate of drug-likeness (QED) is 0.737. The van der Waals surface area contributed by atoms with Crippen LogP contribution in [-0.2, 0) is 0 Å². The van der Waals surface area contributed by atoms with E-state index in [4.69, 9.17) is 0 Å². The molecule has 0 saturated carbocycles. The molecule has 0 unspecified atom stereocenters. The molecule has 2 aromatic heterocycles. The summed E-state index contributed by atoms with van der Waals surface area (Å²) in [7, 11) is 0. The van der Waals surface area contributed by atoms with Gasteiger partial charge in [-0.15, -0.1) is 0 Å². The first-order chi connectivity index (χ1) is 10.1. The molecule has 0 spiro atoms. The predicted octanol–water partition coefficient (Wildman–Crippen LogP) is 2.84. The van der Waals surface area contributed by atoms with E-state index in [0.29, 0.717) is 11.4 Å². The Morgan fingerprint density at radius 3 is 2.95 bits per heavy atom. The van der Waals surface area contributed by atoms with Crippen molar-refractivity contribution in [3.63, 3.8) is 0 Å². The van der Waals surface area contributed by atoms with Crippen molar-refractivity contribution in [2.45, 2.75) is 6.92 Å². The third kappa shape index (κ3) is 1.59. The molecule has 0 amide bonds. The van der Waals surface area contributed by atoms with Gasteiger partial charge in [-0.05, 0) is 42.9 Å². The van der Waals surface area contributed by atoms with E-state index in [1.54, 1.807) is 30.5 Å². The summed E-state index contributed by atoms with van der Waals surface area (Å²) in [5.41, 5.74) is 3.64. The fourth-order valence-corrected chi connectivity index (χ4v) is 3.02. The third-order valence-electron chi connectivity index (χ3n) is 3.92. The topological polar surface area (TPSA) is 20.8 Å². The zero-order valence-electron chi connectivity index (χ0n) is 11.4. The molecule has 4 rings (SSSR count). The van der Waals surface area contributed by atoms with Gasteiger partial charge >= 0.3 is 6.97 Å². The minimum absolute atomic E-state index is 0.539. The van der Waals surface area contributed by atoms with Crippen LogP contribution >= 0.6 is 0 Å². The maximum absolute atomic E-state index is 14.6. The molecule has 0 saturated heterocycles. The molecule has 104 valence electrons. The van der Waals surface area contributed by atoms with E-state index < -0.39 is 6.97 Å². The first-order valence-electron chi connectivity index (χ1n) is 6.76. The number of nitrogens with zero attached hydrogens (tertiary/aromatic N) is 3. The smallest absolute Gasteiger partial charge is 0.396 e. The second-order valence-electron chi connectivity index (χ2n) is 5.25. The Morgan fingerprint density at radius 2 is 2.14 bits per heavy atom. The SMILES string of the molecule is Cc1cc(C2=C3C=CC=[N+]3[B-](F)(F)n3cccc32)ccn1. The largest absolute Gasteiger partial charge is 0.737 e. The van der Waals surface area contributed by atoms with Gasteiger partial charge in [-0.1, -0.05) is 0 Å². The van der Waals surface area contributed by atoms with Gasteiger partial charge in [-0.2, -0.15) is 0 Å². The summed E-state index contributed by atoms with van der Waals surface area (Å²) >= 11 is 0. The molecular formula is C15H12BF2N3. The number of halogens is 2. The fourth-order valence-electron chi connectivity index (χ4n) is 3.02. The van der Waals surface area contributed by atoms with Gasteiger partial charge < -0.3 is 17.6 Å². The van der Waals surface area contributed by atoms with Gasteiger partial charge in [0.25, 0.3) is 0 Å². The number of hydrogen-bond acceptors (Lipinski definition) is 1. The summed E-state index contributed by atoms with van der Waals surface area (Å²) in [6.07, 6.45) is 7.97. The van der Waals surface area contributed by atoms with E-state index in [1.807, 2.05) is 19.1 Å². The number of rotatable bonds is 1. The Bertz CT molecular complexity index is 846. The molecule has 0 atom stereocenters. The van der Waals surface area contributed by atoms with Crippen LogP contribution in [0.5, 0.6) is 0 Å². The van der Waals surface area contributed by atoms with Crippen LogP contribution in [0, 0.1) is 6.92 Å². The van der Waals surface area contributed by atoms with Crippen molar-refractivity contribution in [1.82, 2.24) is 9.46 Å². The Balaban J connectivity index is 2.06. The average molecular weight is 283 g/mol. The monoisotopic (exact) mass is 283 g/mol. The van der Waals surface area contributed by atoms with Crippen molar-refractivity contribution in [2.24, 2.45) is 0 Å². The number of aromatic nitrogens is 2. The van der Waals surface area contributed by atoms with Crippen LogP contribution < -0.4 is 0 Å². The van der Waals surface area contributed by atoms with Gasteiger partial charge in [0.2, 0.25) is 0 Å². The van der Waals surface area contributed by atoms with E-state index in [2.05, 4.69) is 4.98 Å². The molecule has 3 nitrogen and oxygen atoms in total. The zero-order chi connectivity index (χ0) is 14.6. The lowest BCUT2D eigenvalue weighted by molar-refractivity contribution is -0.356. The molecule has 4 heterocycles. The predicted molar refractivity (Wildman–Crippen MR) is 78.3 cm³/mol. The van der Waals surface area contributed by atoms with Crippen molar-refractivity contribution in [2.75, 3.05) is 0 Å². The van der Waals surface area contributed by atoms with Crippen molar-refractivity contribution in [3.8, 4) is 0 Å². The summed E-state index contributed by atoms with van der Waals surface area (Å²) in [6, 6.07) is 7.16. The molecular weight excluding hydrogens is 271 g/mol. The number of hydrogen-bond donors (Lipinski definition) is 0. The van der Waals surface area contributed by atoms with Crippen LogP contribution in [0.2, 0.25) is 0 Å². The van der Waals surface area contributed by atoms with Crippen LogP contribution in [0.25, 0.3) is 5.57 Å². The van der Waals surface area contributed by atoms with E-state index in [0.717, 1.165) is 25.8 Å². The van der Waals surface area contributed by atoms with Gasteiger partial charge in [-0.25, -0.2) is 0 Å². The standard InChI is InChI=1S/C15H12BF2N3/c1-11-10-12(6-7-19-11)15-13-4-2-8-20(13)16(17,18)21-9-3-5-14(15)21/h2-10H,1H3. The van der Waals surface area contributed by atoms with Crippen LogP contribution in [0.1, 0.15) is 17.0 Å². The van der Waals surface area contributed by atoms with Gasteiger partial charge in [0, 0.05) is 29.7 Å². The molecule has 0 fully saturated rings. The Morgan fingerprint density at radius 1 is 1.29 bits per heavy atom. The van der Waals surface area contributed by atoms with E-state index in [1.165, 1.54) is 12.4 Å². The highest BCUT2D eigenvalue weighted by molar-refractivity contribution is 6.57. The van der Waals surface area contributed by atoms with Gasteiger partial charge in [0.15, 0.2) is 5.70 Å². The molecule has 21 heavy (non-hydrogen) atoms. The molecule has 0 bridgehead atoms. The molecule has 0 radical (unpaired) electrons. The summed E-state index contributed by atoms with van der Waals surface area (Å²) in [5.74, 6) is 0. The van der Waals surface area contributed by atoms with Gasteiger partial charge in [-0.3, -0.25) is 4.98 Å². The molecule has 0 N–H and O–H groups in total. The normalized spacial score (nSPS) is 18.5. The summed E-state index contributed by atoms with van der Waals surface area (Å²) in [5, 5.41) is 0. The van der Waals surface area contributed by atoms with Crippen molar-refractivity contribution in [3.05, 3.63) is 71.5 Å². The number of aryl methyl sites for hydroxylation is 1. The number of fused-ring (bicyclic) bond motifs is 2. The average Bonchev–Trinajstić information content (AvgIpc) is 3.08. The summed E-state index contributed by atoms with van der Waals surface area (Å²) in [6.45, 7) is -1.93. The minimum atomic E-state index is -3.83. The summed E-state index contributed by atoms with van der Waals surface area (Å²) < 4.78 is 31.3. The zero-order valence-corrected chi connectivity index (χ0v) is 11.4. The highest BCUT2D eigenvalue weighted by Crippen LogP contribution is 2.38. The maximum Gasteiger partial charge on any atom is 0.737 e. The first kappa shape index (κ1) is 12.3. The minimum Gasteiger partial charge on any atom is -0.396 e. The lowest BCUT2D eigenvalue weighted by Gasteiger charge is -2.30. The highest BCUT2D eigenvalue weighted by atomic mass is 19.2. The Kier molecular flexibility index (Phi) is 2.34. The number of allylic oxidation sites excluding steroid dienone is 2. The number of pyridine rings is 1. The summed E-state index contributed by atoms with van der Waals surface area (Å²) in [4.78, 5) is 4.18. The molecule has 2 aromatic rings. The Hall–Kier alpha value is -2.50. The van der Waals surface area contributed by atoms with Crippen molar-refractivity contribution in [1.29, 1.82) is 0 Å².